The molecule has 10 heteroatoms. The van der Waals surface area contributed by atoms with Crippen LogP contribution in [0.1, 0.15) is 21.5 Å². The number of hydrogen-bond donors (Lipinski definition) is 2. The molecule has 0 atom stereocenters. The minimum atomic E-state index is -0.469. The van der Waals surface area contributed by atoms with E-state index in [2.05, 4.69) is 27.5 Å². The number of carbonyl (C=O) groups excluding carboxylic acids is 3. The number of anilines is 3. The Bertz CT molecular complexity index is 1450. The summed E-state index contributed by atoms with van der Waals surface area (Å²) >= 11 is 0. The van der Waals surface area contributed by atoms with Gasteiger partial charge in [0, 0.05) is 50.2 Å². The number of nitrogens with one attached hydrogen (secondary N) is 2. The molecule has 2 aliphatic heterocycles. The van der Waals surface area contributed by atoms with E-state index in [0.717, 1.165) is 43.1 Å². The van der Waals surface area contributed by atoms with Crippen LogP contribution >= 0.6 is 0 Å². The number of methoxy groups -OCH3 is 1. The number of hydrogen-bond acceptors (Lipinski definition) is 7. The lowest BCUT2D eigenvalue weighted by atomic mass is 9.99. The molecule has 3 aromatic rings. The van der Waals surface area contributed by atoms with E-state index in [0.29, 0.717) is 34.6 Å². The summed E-state index contributed by atoms with van der Waals surface area (Å²) in [6.45, 7) is 4.09. The summed E-state index contributed by atoms with van der Waals surface area (Å²) < 4.78 is 4.82. The number of benzene rings is 3. The average Bonchev–Trinajstić information content (AvgIpc) is 3.31. The molecule has 41 heavy (non-hydrogen) atoms. The molecule has 2 heterocycles. The molecule has 2 amide bonds. The minimum absolute atomic E-state index is 0. The number of piperazine rings is 1. The van der Waals surface area contributed by atoms with Crippen LogP contribution in [0, 0.1) is 0 Å². The van der Waals surface area contributed by atoms with Crippen molar-refractivity contribution in [3.63, 3.8) is 0 Å². The molecular weight excluding hydrogens is 522 g/mol. The maximum Gasteiger partial charge on any atom is 0.337 e. The summed E-state index contributed by atoms with van der Waals surface area (Å²) in [4.78, 5) is 44.3. The van der Waals surface area contributed by atoms with Gasteiger partial charge in [-0.3, -0.25) is 14.5 Å². The fourth-order valence-corrected chi connectivity index (χ4v) is 4.91. The summed E-state index contributed by atoms with van der Waals surface area (Å²) in [5, 5.41) is 6.31. The Kier molecular flexibility index (Phi) is 9.18. The van der Waals surface area contributed by atoms with E-state index in [1.807, 2.05) is 54.6 Å². The lowest BCUT2D eigenvalue weighted by Crippen LogP contribution is -2.48. The first-order valence-electron chi connectivity index (χ1n) is 13.2. The van der Waals surface area contributed by atoms with Crippen molar-refractivity contribution in [2.24, 2.45) is 0 Å². The molecule has 4 N–H and O–H groups in total. The minimum Gasteiger partial charge on any atom is -0.465 e. The van der Waals surface area contributed by atoms with Gasteiger partial charge in [-0.2, -0.15) is 0 Å². The van der Waals surface area contributed by atoms with Gasteiger partial charge in [0.2, 0.25) is 5.91 Å². The number of rotatable bonds is 7. The second-order valence-electron chi connectivity index (χ2n) is 10.0. The van der Waals surface area contributed by atoms with Gasteiger partial charge in [0.1, 0.15) is 0 Å². The second-order valence-corrected chi connectivity index (χ2v) is 10.0. The monoisotopic (exact) mass is 557 g/mol. The highest BCUT2D eigenvalue weighted by atomic mass is 16.5. The highest BCUT2D eigenvalue weighted by Gasteiger charge is 2.29. The maximum absolute atomic E-state index is 13.2. The van der Waals surface area contributed by atoms with Crippen molar-refractivity contribution in [3.8, 4) is 0 Å². The fraction of sp³-hybridized carbons (Fsp3) is 0.258. The zero-order valence-corrected chi connectivity index (χ0v) is 23.4. The van der Waals surface area contributed by atoms with Gasteiger partial charge in [0.25, 0.3) is 5.91 Å². The van der Waals surface area contributed by atoms with Gasteiger partial charge in [-0.1, -0.05) is 36.4 Å². The zero-order chi connectivity index (χ0) is 28.2. The Labute approximate surface area is 239 Å². The van der Waals surface area contributed by atoms with Gasteiger partial charge in [-0.25, -0.2) is 4.79 Å². The maximum atomic E-state index is 13.2. The normalized spacial score (nSPS) is 16.2. The number of amides is 2. The number of esters is 1. The van der Waals surface area contributed by atoms with E-state index in [-0.39, 0.29) is 17.3 Å². The van der Waals surface area contributed by atoms with Crippen molar-refractivity contribution in [2.45, 2.75) is 0 Å². The number of ether oxygens (including phenoxy) is 1. The number of fused-ring (bicyclic) bond motifs is 1. The summed E-state index contributed by atoms with van der Waals surface area (Å²) in [6.07, 6.45) is 0. The van der Waals surface area contributed by atoms with Crippen LogP contribution in [0.25, 0.3) is 11.3 Å². The summed E-state index contributed by atoms with van der Waals surface area (Å²) in [5.41, 5.74) is 5.10. The molecule has 0 aromatic heterocycles. The molecule has 214 valence electrons. The van der Waals surface area contributed by atoms with Gasteiger partial charge < -0.3 is 30.6 Å². The molecule has 5 rings (SSSR count). The second kappa shape index (κ2) is 12.8. The Hall–Kier alpha value is -4.51. The van der Waals surface area contributed by atoms with Gasteiger partial charge in [0.05, 0.1) is 36.2 Å². The van der Waals surface area contributed by atoms with E-state index in [9.17, 15) is 14.4 Å². The molecule has 0 saturated carbocycles. The standard InChI is InChI=1S/C31H33N5O4.H2O/c1-34-15-17-36(18-16-34)20-27(37)35(2)24-12-10-23(11-13-24)32-29(21-7-5-4-6-8-21)28-25-14-9-22(31(39)40-3)19-26(25)33-30(28)38;/h4-14,19,32H,15-18,20H2,1-3H3,(H,33,38);1H2/b29-28-;. The van der Waals surface area contributed by atoms with Crippen molar-refractivity contribution < 1.29 is 24.6 Å². The van der Waals surface area contributed by atoms with Crippen LogP contribution in [0.2, 0.25) is 0 Å². The van der Waals surface area contributed by atoms with Crippen molar-refractivity contribution in [1.82, 2.24) is 9.80 Å². The van der Waals surface area contributed by atoms with Gasteiger partial charge in [-0.15, -0.1) is 0 Å². The van der Waals surface area contributed by atoms with Crippen LogP contribution in [0.3, 0.4) is 0 Å². The van der Waals surface area contributed by atoms with Crippen LogP contribution < -0.4 is 15.5 Å². The average molecular weight is 558 g/mol. The third-order valence-electron chi connectivity index (χ3n) is 7.35. The molecule has 2 aliphatic rings. The van der Waals surface area contributed by atoms with Crippen molar-refractivity contribution >= 4 is 46.1 Å². The smallest absolute Gasteiger partial charge is 0.337 e. The van der Waals surface area contributed by atoms with Crippen molar-refractivity contribution in [3.05, 3.63) is 89.5 Å². The summed E-state index contributed by atoms with van der Waals surface area (Å²) in [6, 6.07) is 22.2. The lowest BCUT2D eigenvalue weighted by Gasteiger charge is -2.32. The van der Waals surface area contributed by atoms with Crippen molar-refractivity contribution in [1.29, 1.82) is 0 Å². The molecule has 0 aliphatic carbocycles. The molecular formula is C31H35N5O5. The van der Waals surface area contributed by atoms with Gasteiger partial charge >= 0.3 is 5.97 Å². The quantitative estimate of drug-likeness (QED) is 0.338. The van der Waals surface area contributed by atoms with Gasteiger partial charge in [0.15, 0.2) is 0 Å². The van der Waals surface area contributed by atoms with E-state index in [4.69, 9.17) is 4.74 Å². The molecule has 1 fully saturated rings. The zero-order valence-electron chi connectivity index (χ0n) is 23.4. The largest absolute Gasteiger partial charge is 0.465 e. The molecule has 10 nitrogen and oxygen atoms in total. The first-order chi connectivity index (χ1) is 19.3. The van der Waals surface area contributed by atoms with Gasteiger partial charge in [-0.05, 0) is 49.0 Å². The van der Waals surface area contributed by atoms with Crippen LogP contribution in [0.4, 0.5) is 17.1 Å². The van der Waals surface area contributed by atoms with Crippen LogP contribution in [-0.4, -0.2) is 87.0 Å². The lowest BCUT2D eigenvalue weighted by molar-refractivity contribution is -0.119. The molecule has 1 saturated heterocycles. The van der Waals surface area contributed by atoms with Crippen molar-refractivity contribution in [2.75, 3.05) is 69.5 Å². The van der Waals surface area contributed by atoms with E-state index in [1.54, 1.807) is 30.1 Å². The van der Waals surface area contributed by atoms with E-state index in [1.165, 1.54) is 7.11 Å². The first-order valence-corrected chi connectivity index (χ1v) is 13.2. The number of carbonyl (C=O) groups is 3. The predicted octanol–water partition coefficient (Wildman–Crippen LogP) is 2.79. The highest BCUT2D eigenvalue weighted by Crippen LogP contribution is 2.38. The Balaban J connectivity index is 0.00000387. The third-order valence-corrected chi connectivity index (χ3v) is 7.35. The Morgan fingerprint density at radius 2 is 1.63 bits per heavy atom. The predicted molar refractivity (Wildman–Crippen MR) is 161 cm³/mol. The van der Waals surface area contributed by atoms with E-state index >= 15 is 0 Å². The van der Waals surface area contributed by atoms with Crippen LogP contribution in [0.15, 0.2) is 72.8 Å². The van der Waals surface area contributed by atoms with Crippen LogP contribution in [0.5, 0.6) is 0 Å². The fourth-order valence-electron chi connectivity index (χ4n) is 4.91. The molecule has 0 bridgehead atoms. The first kappa shape index (κ1) is 29.5. The molecule has 0 unspecified atom stereocenters. The topological polar surface area (TPSA) is 126 Å². The SMILES string of the molecule is COC(=O)c1ccc2c(c1)NC(=O)/C2=C(\Nc1ccc(N(C)C(=O)CN2CCN(C)CC2)cc1)c1ccccc1.O. The molecule has 0 radical (unpaired) electrons. The molecule has 0 spiro atoms. The summed E-state index contributed by atoms with van der Waals surface area (Å²) in [7, 11) is 5.21. The number of likely N-dealkylation sites (N-methyl/N-ethyl adjacent to an activating group) is 2. The highest BCUT2D eigenvalue weighted by molar-refractivity contribution is 6.37. The van der Waals surface area contributed by atoms with Crippen LogP contribution in [-0.2, 0) is 14.3 Å². The Morgan fingerprint density at radius 1 is 0.951 bits per heavy atom. The Morgan fingerprint density at radius 3 is 2.29 bits per heavy atom. The number of nitrogens with zero attached hydrogens (tertiary/aromatic N) is 3. The van der Waals surface area contributed by atoms with E-state index < -0.39 is 5.97 Å². The third kappa shape index (κ3) is 6.46. The molecule has 3 aromatic carbocycles. The summed E-state index contributed by atoms with van der Waals surface area (Å²) in [5.74, 6) is -0.694.